The Morgan fingerprint density at radius 1 is 1.22 bits per heavy atom. The van der Waals surface area contributed by atoms with Crippen LogP contribution in [-0.4, -0.2) is 35.1 Å². The van der Waals surface area contributed by atoms with Crippen LogP contribution >= 0.6 is 0 Å². The number of hydrogen-bond donors (Lipinski definition) is 2. The van der Waals surface area contributed by atoms with Gasteiger partial charge in [0.15, 0.2) is 0 Å². The van der Waals surface area contributed by atoms with Gasteiger partial charge in [0.05, 0.1) is 0 Å². The Hall–Kier alpha value is -2.47. The number of nitrogens with zero attached hydrogens (tertiary/aromatic N) is 2. The van der Waals surface area contributed by atoms with Gasteiger partial charge in [0.25, 0.3) is 0 Å². The van der Waals surface area contributed by atoms with E-state index in [1.54, 1.807) is 6.33 Å². The normalized spacial score (nSPS) is 19.1. The number of hydrogen-bond acceptors (Lipinski definition) is 5. The molecule has 1 aliphatic carbocycles. The summed E-state index contributed by atoms with van der Waals surface area (Å²) in [5, 5.41) is 6.49. The van der Waals surface area contributed by atoms with Gasteiger partial charge in [-0.25, -0.2) is 9.97 Å². The Kier molecular flexibility index (Phi) is 5.07. The predicted molar refractivity (Wildman–Crippen MR) is 105 cm³/mol. The second kappa shape index (κ2) is 7.64. The Labute approximate surface area is 159 Å². The minimum absolute atomic E-state index is 0.0996. The molecule has 1 amide bonds. The molecule has 1 aromatic heterocycles. The van der Waals surface area contributed by atoms with E-state index >= 15 is 0 Å². The largest absolute Gasteiger partial charge is 0.491 e. The minimum atomic E-state index is 0.0996. The lowest BCUT2D eigenvalue weighted by Crippen LogP contribution is -2.28. The van der Waals surface area contributed by atoms with Crippen molar-refractivity contribution in [3.05, 3.63) is 35.9 Å². The summed E-state index contributed by atoms with van der Waals surface area (Å²) in [6.07, 6.45) is 5.88. The number of nitrogens with one attached hydrogen (secondary N) is 2. The van der Waals surface area contributed by atoms with Crippen LogP contribution in [0.1, 0.15) is 37.1 Å². The molecule has 27 heavy (non-hydrogen) atoms. The number of benzene rings is 1. The molecule has 142 valence electrons. The van der Waals surface area contributed by atoms with Crippen molar-refractivity contribution in [3.63, 3.8) is 0 Å². The lowest BCUT2D eigenvalue weighted by atomic mass is 10.0. The summed E-state index contributed by atoms with van der Waals surface area (Å²) < 4.78 is 6.17. The van der Waals surface area contributed by atoms with Gasteiger partial charge in [-0.15, -0.1) is 0 Å². The predicted octanol–water partition coefficient (Wildman–Crippen LogP) is 3.24. The summed E-state index contributed by atoms with van der Waals surface area (Å²) in [5.41, 5.74) is 4.48. The molecule has 2 aromatic rings. The van der Waals surface area contributed by atoms with Gasteiger partial charge < -0.3 is 15.4 Å². The molecule has 0 spiro atoms. The molecule has 2 heterocycles. The highest BCUT2D eigenvalue weighted by Crippen LogP contribution is 2.37. The van der Waals surface area contributed by atoms with Crippen molar-refractivity contribution in [1.29, 1.82) is 0 Å². The van der Waals surface area contributed by atoms with Crippen molar-refractivity contribution >= 4 is 11.6 Å². The number of rotatable bonds is 6. The fourth-order valence-corrected chi connectivity index (χ4v) is 3.59. The van der Waals surface area contributed by atoms with Crippen molar-refractivity contribution in [2.75, 3.05) is 18.5 Å². The van der Waals surface area contributed by atoms with Crippen molar-refractivity contribution < 1.29 is 9.53 Å². The molecular formula is C21H26N4O2. The van der Waals surface area contributed by atoms with Gasteiger partial charge in [0.2, 0.25) is 5.91 Å². The van der Waals surface area contributed by atoms with Crippen LogP contribution in [0.25, 0.3) is 11.1 Å². The highest BCUT2D eigenvalue weighted by Gasteiger charge is 2.29. The SMILES string of the molecule is Cc1ncnc(C)c1-c1cc(NC(=O)C2CC2)ccc1OC[C@H]1CCCN1. The number of carbonyl (C=O) groups excluding carboxylic acids is 1. The smallest absolute Gasteiger partial charge is 0.227 e. The topological polar surface area (TPSA) is 76.1 Å². The summed E-state index contributed by atoms with van der Waals surface area (Å²) in [6.45, 7) is 5.63. The van der Waals surface area contributed by atoms with E-state index in [4.69, 9.17) is 4.74 Å². The first-order valence-electron chi connectivity index (χ1n) is 9.71. The van der Waals surface area contributed by atoms with E-state index in [1.807, 2.05) is 32.0 Å². The molecule has 1 aliphatic heterocycles. The van der Waals surface area contributed by atoms with Crippen LogP contribution in [-0.2, 0) is 4.79 Å². The molecule has 1 saturated carbocycles. The number of aromatic nitrogens is 2. The van der Waals surface area contributed by atoms with Crippen LogP contribution < -0.4 is 15.4 Å². The highest BCUT2D eigenvalue weighted by atomic mass is 16.5. The van der Waals surface area contributed by atoms with Crippen molar-refractivity contribution in [3.8, 4) is 16.9 Å². The average Bonchev–Trinajstić information content (AvgIpc) is 3.37. The van der Waals surface area contributed by atoms with Crippen molar-refractivity contribution in [2.45, 2.75) is 45.6 Å². The summed E-state index contributed by atoms with van der Waals surface area (Å²) in [7, 11) is 0. The molecule has 4 rings (SSSR count). The molecule has 2 fully saturated rings. The molecular weight excluding hydrogens is 340 g/mol. The molecule has 0 radical (unpaired) electrons. The van der Waals surface area contributed by atoms with Crippen LogP contribution in [0.15, 0.2) is 24.5 Å². The molecule has 6 heteroatoms. The van der Waals surface area contributed by atoms with E-state index < -0.39 is 0 Å². The average molecular weight is 366 g/mol. The van der Waals surface area contributed by atoms with Crippen LogP contribution in [0, 0.1) is 19.8 Å². The minimum Gasteiger partial charge on any atom is -0.491 e. The Morgan fingerprint density at radius 2 is 2.00 bits per heavy atom. The lowest BCUT2D eigenvalue weighted by molar-refractivity contribution is -0.117. The Bertz CT molecular complexity index is 822. The van der Waals surface area contributed by atoms with Crippen molar-refractivity contribution in [1.82, 2.24) is 15.3 Å². The van der Waals surface area contributed by atoms with E-state index in [2.05, 4.69) is 20.6 Å². The maximum Gasteiger partial charge on any atom is 0.227 e. The number of aryl methyl sites for hydroxylation is 2. The van der Waals surface area contributed by atoms with E-state index in [1.165, 1.54) is 6.42 Å². The van der Waals surface area contributed by atoms with Crippen LogP contribution in [0.5, 0.6) is 5.75 Å². The molecule has 0 bridgehead atoms. The third-order valence-corrected chi connectivity index (χ3v) is 5.29. The summed E-state index contributed by atoms with van der Waals surface area (Å²) in [5.74, 6) is 1.07. The third kappa shape index (κ3) is 4.11. The van der Waals surface area contributed by atoms with Gasteiger partial charge in [-0.2, -0.15) is 0 Å². The van der Waals surface area contributed by atoms with Gasteiger partial charge in [-0.05, 0) is 64.3 Å². The second-order valence-electron chi connectivity index (χ2n) is 7.50. The zero-order chi connectivity index (χ0) is 18.8. The van der Waals surface area contributed by atoms with Crippen LogP contribution in [0.2, 0.25) is 0 Å². The summed E-state index contributed by atoms with van der Waals surface area (Å²) >= 11 is 0. The zero-order valence-electron chi connectivity index (χ0n) is 15.9. The van der Waals surface area contributed by atoms with E-state index in [0.717, 1.165) is 59.8 Å². The Balaban J connectivity index is 1.65. The van der Waals surface area contributed by atoms with E-state index in [0.29, 0.717) is 12.6 Å². The second-order valence-corrected chi connectivity index (χ2v) is 7.50. The first-order chi connectivity index (χ1) is 13.1. The standard InChI is InChI=1S/C21H26N4O2/c1-13-20(14(2)24-12-23-13)18-10-16(25-21(26)15-5-6-15)7-8-19(18)27-11-17-4-3-9-22-17/h7-8,10,12,15,17,22H,3-6,9,11H2,1-2H3,(H,25,26)/t17-/m1/s1. The lowest BCUT2D eigenvalue weighted by Gasteiger charge is -2.18. The van der Waals surface area contributed by atoms with Crippen molar-refractivity contribution in [2.24, 2.45) is 5.92 Å². The third-order valence-electron chi connectivity index (χ3n) is 5.29. The van der Waals surface area contributed by atoms with Crippen LogP contribution in [0.4, 0.5) is 5.69 Å². The van der Waals surface area contributed by atoms with E-state index in [-0.39, 0.29) is 11.8 Å². The highest BCUT2D eigenvalue weighted by molar-refractivity contribution is 5.95. The number of carbonyl (C=O) groups is 1. The van der Waals surface area contributed by atoms with Gasteiger partial charge >= 0.3 is 0 Å². The zero-order valence-corrected chi connectivity index (χ0v) is 15.9. The van der Waals surface area contributed by atoms with Gasteiger partial charge in [0.1, 0.15) is 18.7 Å². The van der Waals surface area contributed by atoms with E-state index in [9.17, 15) is 4.79 Å². The van der Waals surface area contributed by atoms with Gasteiger partial charge in [-0.3, -0.25) is 4.79 Å². The molecule has 1 saturated heterocycles. The quantitative estimate of drug-likeness (QED) is 0.821. The summed E-state index contributed by atoms with van der Waals surface area (Å²) in [6, 6.07) is 6.23. The molecule has 1 aromatic carbocycles. The first kappa shape index (κ1) is 17.9. The number of anilines is 1. The monoisotopic (exact) mass is 366 g/mol. The molecule has 2 N–H and O–H groups in total. The molecule has 0 unspecified atom stereocenters. The molecule has 2 aliphatic rings. The summed E-state index contributed by atoms with van der Waals surface area (Å²) in [4.78, 5) is 20.9. The maximum atomic E-state index is 12.2. The fourth-order valence-electron chi connectivity index (χ4n) is 3.59. The van der Waals surface area contributed by atoms with Crippen LogP contribution in [0.3, 0.4) is 0 Å². The fraction of sp³-hybridized carbons (Fsp3) is 0.476. The Morgan fingerprint density at radius 3 is 2.67 bits per heavy atom. The molecule has 1 atom stereocenters. The van der Waals surface area contributed by atoms with Gasteiger partial charge in [0, 0.05) is 40.2 Å². The van der Waals surface area contributed by atoms with Gasteiger partial charge in [-0.1, -0.05) is 0 Å². The maximum absolute atomic E-state index is 12.2. The number of amides is 1. The first-order valence-corrected chi connectivity index (χ1v) is 9.71. The number of ether oxygens (including phenoxy) is 1. The molecule has 6 nitrogen and oxygen atoms in total.